The van der Waals surface area contributed by atoms with E-state index in [0.717, 1.165) is 22.9 Å². The molecule has 3 heteroatoms. The number of para-hydroxylation sites is 1. The summed E-state index contributed by atoms with van der Waals surface area (Å²) in [7, 11) is 0. The highest BCUT2D eigenvalue weighted by molar-refractivity contribution is 5.78. The highest BCUT2D eigenvalue weighted by atomic mass is 16.1. The number of aromatic nitrogens is 1. The number of hydrogen-bond donors (Lipinski definition) is 2. The third-order valence-electron chi connectivity index (χ3n) is 3.27. The fourth-order valence-electron chi connectivity index (χ4n) is 2.08. The van der Waals surface area contributed by atoms with Crippen LogP contribution in [0.5, 0.6) is 0 Å². The highest BCUT2D eigenvalue weighted by Crippen LogP contribution is 2.10. The van der Waals surface area contributed by atoms with Crippen molar-refractivity contribution in [3.05, 3.63) is 46.2 Å². The predicted octanol–water partition coefficient (Wildman–Crippen LogP) is 2.42. The molecule has 0 bridgehead atoms. The molecule has 0 saturated carbocycles. The molecule has 1 unspecified atom stereocenters. The molecule has 0 aliphatic carbocycles. The van der Waals surface area contributed by atoms with Gasteiger partial charge in [0.2, 0.25) is 0 Å². The Kier molecular flexibility index (Phi) is 4.38. The minimum absolute atomic E-state index is 0.0400. The molecule has 1 aromatic heterocycles. The molecule has 0 radical (unpaired) electrons. The Bertz CT molecular complexity index is 652. The Morgan fingerprint density at radius 3 is 2.95 bits per heavy atom. The summed E-state index contributed by atoms with van der Waals surface area (Å²) in [4.78, 5) is 14.9. The fourth-order valence-corrected chi connectivity index (χ4v) is 2.08. The summed E-state index contributed by atoms with van der Waals surface area (Å²) in [6.07, 6.45) is 6.96. The van der Waals surface area contributed by atoms with Gasteiger partial charge in [0.05, 0.1) is 0 Å². The van der Waals surface area contributed by atoms with E-state index in [1.54, 1.807) is 0 Å². The Labute approximate surface area is 113 Å². The van der Waals surface area contributed by atoms with Gasteiger partial charge >= 0.3 is 0 Å². The second-order valence-electron chi connectivity index (χ2n) is 4.61. The molecule has 1 heterocycles. The van der Waals surface area contributed by atoms with Gasteiger partial charge in [-0.3, -0.25) is 4.79 Å². The predicted molar refractivity (Wildman–Crippen MR) is 78.9 cm³/mol. The Morgan fingerprint density at radius 2 is 2.21 bits per heavy atom. The first-order valence-electron chi connectivity index (χ1n) is 6.52. The lowest BCUT2D eigenvalue weighted by molar-refractivity contribution is 0.505. The van der Waals surface area contributed by atoms with Gasteiger partial charge in [0.1, 0.15) is 0 Å². The summed E-state index contributed by atoms with van der Waals surface area (Å²) in [5, 5.41) is 4.37. The van der Waals surface area contributed by atoms with Crippen molar-refractivity contribution in [3.8, 4) is 12.3 Å². The Balaban J connectivity index is 2.19. The van der Waals surface area contributed by atoms with Crippen molar-refractivity contribution in [2.24, 2.45) is 0 Å². The lowest BCUT2D eigenvalue weighted by Crippen LogP contribution is -2.30. The average molecular weight is 254 g/mol. The lowest BCUT2D eigenvalue weighted by Gasteiger charge is -2.13. The third kappa shape index (κ3) is 3.24. The zero-order valence-corrected chi connectivity index (χ0v) is 11.1. The van der Waals surface area contributed by atoms with Gasteiger partial charge < -0.3 is 10.3 Å². The summed E-state index contributed by atoms with van der Waals surface area (Å²) in [5.74, 6) is 2.65. The number of pyridine rings is 1. The van der Waals surface area contributed by atoms with Crippen LogP contribution in [0.2, 0.25) is 0 Å². The van der Waals surface area contributed by atoms with Crippen LogP contribution in [0, 0.1) is 12.3 Å². The Morgan fingerprint density at radius 1 is 1.42 bits per heavy atom. The maximum absolute atomic E-state index is 12.0. The Hall–Kier alpha value is -2.05. The number of benzene rings is 1. The molecule has 3 nitrogen and oxygen atoms in total. The largest absolute Gasteiger partial charge is 0.322 e. The molecular weight excluding hydrogens is 236 g/mol. The van der Waals surface area contributed by atoms with Crippen molar-refractivity contribution in [3.63, 3.8) is 0 Å². The smallest absolute Gasteiger partial charge is 0.252 e. The number of H-pyrrole nitrogens is 1. The molecule has 0 fully saturated rings. The third-order valence-corrected chi connectivity index (χ3v) is 3.27. The molecule has 0 saturated heterocycles. The van der Waals surface area contributed by atoms with Crippen LogP contribution in [-0.2, 0) is 6.54 Å². The van der Waals surface area contributed by atoms with Crippen LogP contribution >= 0.6 is 0 Å². The number of aromatic amines is 1. The first kappa shape index (κ1) is 13.4. The molecule has 2 N–H and O–H groups in total. The average Bonchev–Trinajstić information content (AvgIpc) is 2.43. The molecular formula is C16H18N2O. The van der Waals surface area contributed by atoms with Crippen LogP contribution < -0.4 is 10.9 Å². The van der Waals surface area contributed by atoms with Gasteiger partial charge in [-0.2, -0.15) is 0 Å². The molecule has 0 amide bonds. The van der Waals surface area contributed by atoms with Crippen LogP contribution in [0.15, 0.2) is 35.1 Å². The van der Waals surface area contributed by atoms with E-state index in [1.807, 2.05) is 30.3 Å². The van der Waals surface area contributed by atoms with Crippen molar-refractivity contribution in [1.29, 1.82) is 0 Å². The number of terminal acetylenes is 1. The van der Waals surface area contributed by atoms with Crippen LogP contribution in [0.25, 0.3) is 10.9 Å². The monoisotopic (exact) mass is 254 g/mol. The van der Waals surface area contributed by atoms with Crippen molar-refractivity contribution in [1.82, 2.24) is 10.3 Å². The normalized spacial score (nSPS) is 12.2. The summed E-state index contributed by atoms with van der Waals surface area (Å²) in [6, 6.07) is 9.97. The summed E-state index contributed by atoms with van der Waals surface area (Å²) in [5.41, 5.74) is 1.57. The van der Waals surface area contributed by atoms with E-state index in [-0.39, 0.29) is 11.6 Å². The quantitative estimate of drug-likeness (QED) is 0.805. The van der Waals surface area contributed by atoms with Gasteiger partial charge in [0.25, 0.3) is 5.56 Å². The second-order valence-corrected chi connectivity index (χ2v) is 4.61. The van der Waals surface area contributed by atoms with Gasteiger partial charge in [-0.25, -0.2) is 0 Å². The van der Waals surface area contributed by atoms with E-state index >= 15 is 0 Å². The lowest BCUT2D eigenvalue weighted by atomic mass is 10.1. The van der Waals surface area contributed by atoms with E-state index in [1.165, 1.54) is 0 Å². The molecule has 2 rings (SSSR count). The van der Waals surface area contributed by atoms with Crippen molar-refractivity contribution in [2.75, 3.05) is 0 Å². The summed E-state index contributed by atoms with van der Waals surface area (Å²) >= 11 is 0. The summed E-state index contributed by atoms with van der Waals surface area (Å²) < 4.78 is 0. The zero-order valence-electron chi connectivity index (χ0n) is 11.1. The fraction of sp³-hybridized carbons (Fsp3) is 0.312. The zero-order chi connectivity index (χ0) is 13.7. The van der Waals surface area contributed by atoms with E-state index < -0.39 is 0 Å². The minimum Gasteiger partial charge on any atom is -0.322 e. The number of hydrogen-bond acceptors (Lipinski definition) is 2. The standard InChI is InChI=1S/C16H18N2O/c1-3-7-14(4-2)17-11-13-10-12-8-5-6-9-15(12)18-16(13)19/h1,5-6,8-10,14,17H,4,7,11H2,2H3,(H,18,19). The van der Waals surface area contributed by atoms with Crippen LogP contribution in [0.1, 0.15) is 25.3 Å². The van der Waals surface area contributed by atoms with E-state index in [0.29, 0.717) is 13.0 Å². The maximum atomic E-state index is 12.0. The molecule has 19 heavy (non-hydrogen) atoms. The van der Waals surface area contributed by atoms with Gasteiger partial charge in [-0.15, -0.1) is 12.3 Å². The molecule has 1 atom stereocenters. The van der Waals surface area contributed by atoms with Crippen molar-refractivity contribution >= 4 is 10.9 Å². The number of rotatable bonds is 5. The van der Waals surface area contributed by atoms with E-state index in [2.05, 4.69) is 23.1 Å². The first-order valence-corrected chi connectivity index (χ1v) is 6.52. The van der Waals surface area contributed by atoms with E-state index in [9.17, 15) is 4.79 Å². The molecule has 0 aliphatic rings. The molecule has 2 aromatic rings. The van der Waals surface area contributed by atoms with Gasteiger partial charge in [-0.05, 0) is 23.9 Å². The minimum atomic E-state index is -0.0400. The summed E-state index contributed by atoms with van der Waals surface area (Å²) in [6.45, 7) is 2.62. The molecule has 0 spiro atoms. The molecule has 0 aliphatic heterocycles. The van der Waals surface area contributed by atoms with Crippen LogP contribution in [0.4, 0.5) is 0 Å². The second kappa shape index (κ2) is 6.21. The van der Waals surface area contributed by atoms with Gasteiger partial charge in [-0.1, -0.05) is 25.1 Å². The van der Waals surface area contributed by atoms with Crippen LogP contribution in [0.3, 0.4) is 0 Å². The number of fused-ring (bicyclic) bond motifs is 1. The van der Waals surface area contributed by atoms with Gasteiger partial charge in [0.15, 0.2) is 0 Å². The highest BCUT2D eigenvalue weighted by Gasteiger charge is 2.06. The number of nitrogens with one attached hydrogen (secondary N) is 2. The van der Waals surface area contributed by atoms with Crippen molar-refractivity contribution < 1.29 is 0 Å². The topological polar surface area (TPSA) is 44.9 Å². The molecule has 1 aromatic carbocycles. The first-order chi connectivity index (χ1) is 9.24. The van der Waals surface area contributed by atoms with Crippen molar-refractivity contribution in [2.45, 2.75) is 32.4 Å². The maximum Gasteiger partial charge on any atom is 0.252 e. The molecule has 98 valence electrons. The van der Waals surface area contributed by atoms with E-state index in [4.69, 9.17) is 6.42 Å². The van der Waals surface area contributed by atoms with Gasteiger partial charge in [0, 0.05) is 30.1 Å². The SMILES string of the molecule is C#CCC(CC)NCc1cc2ccccc2[nH]c1=O. The van der Waals surface area contributed by atoms with Crippen LogP contribution in [-0.4, -0.2) is 11.0 Å².